The number of nitrogens with one attached hydrogen (secondary N) is 1. The third-order valence-corrected chi connectivity index (χ3v) is 4.86. The van der Waals surface area contributed by atoms with E-state index < -0.39 is 0 Å². The summed E-state index contributed by atoms with van der Waals surface area (Å²) < 4.78 is 6.01. The van der Waals surface area contributed by atoms with Crippen LogP contribution in [0.15, 0.2) is 18.5 Å². The number of aryl methyl sites for hydroxylation is 1. The predicted octanol–water partition coefficient (Wildman–Crippen LogP) is 2.24. The standard InChI is InChI=1S/C15H23N3O/c1-11-3-7-17-10-13(11)14(18-16)12-4-8-19-15(9-12)5-2-6-15/h3,7,10,12,14,18H,2,4-6,8-9,16H2,1H3. The highest BCUT2D eigenvalue weighted by Gasteiger charge is 2.44. The molecule has 4 heteroatoms. The van der Waals surface area contributed by atoms with Gasteiger partial charge in [-0.25, -0.2) is 0 Å². The molecule has 1 spiro atoms. The van der Waals surface area contributed by atoms with Crippen molar-refractivity contribution in [3.63, 3.8) is 0 Å². The van der Waals surface area contributed by atoms with E-state index in [-0.39, 0.29) is 11.6 Å². The van der Waals surface area contributed by atoms with Crippen LogP contribution in [-0.4, -0.2) is 17.2 Å². The Morgan fingerprint density at radius 1 is 1.53 bits per heavy atom. The Kier molecular flexibility index (Phi) is 3.56. The van der Waals surface area contributed by atoms with Gasteiger partial charge in [-0.3, -0.25) is 16.3 Å². The van der Waals surface area contributed by atoms with Gasteiger partial charge in [-0.1, -0.05) is 0 Å². The first-order chi connectivity index (χ1) is 9.24. The van der Waals surface area contributed by atoms with Crippen LogP contribution in [0.1, 0.15) is 49.3 Å². The Morgan fingerprint density at radius 3 is 3.00 bits per heavy atom. The first kappa shape index (κ1) is 13.0. The lowest BCUT2D eigenvalue weighted by Gasteiger charge is -2.48. The second-order valence-electron chi connectivity index (χ2n) is 6.01. The third-order valence-electron chi connectivity index (χ3n) is 4.86. The summed E-state index contributed by atoms with van der Waals surface area (Å²) in [5.74, 6) is 6.38. The van der Waals surface area contributed by atoms with Crippen LogP contribution < -0.4 is 11.3 Å². The summed E-state index contributed by atoms with van der Waals surface area (Å²) in [6, 6.07) is 2.24. The van der Waals surface area contributed by atoms with E-state index in [0.717, 1.165) is 19.4 Å². The molecule has 3 rings (SSSR count). The normalized spacial score (nSPS) is 26.9. The molecule has 3 N–H and O–H groups in total. The molecule has 2 fully saturated rings. The van der Waals surface area contributed by atoms with Crippen LogP contribution in [0.3, 0.4) is 0 Å². The minimum atomic E-state index is 0.161. The fraction of sp³-hybridized carbons (Fsp3) is 0.667. The number of hydrogen-bond acceptors (Lipinski definition) is 4. The molecule has 1 saturated heterocycles. The Bertz CT molecular complexity index is 445. The van der Waals surface area contributed by atoms with Gasteiger partial charge in [0, 0.05) is 19.0 Å². The molecule has 2 heterocycles. The first-order valence-electron chi connectivity index (χ1n) is 7.25. The number of hydrazine groups is 1. The Balaban J connectivity index is 1.80. The van der Waals surface area contributed by atoms with Crippen molar-refractivity contribution in [2.24, 2.45) is 11.8 Å². The van der Waals surface area contributed by atoms with E-state index in [0.29, 0.717) is 5.92 Å². The number of aromatic nitrogens is 1. The van der Waals surface area contributed by atoms with Gasteiger partial charge >= 0.3 is 0 Å². The predicted molar refractivity (Wildman–Crippen MR) is 74.3 cm³/mol. The highest BCUT2D eigenvalue weighted by Crippen LogP contribution is 2.47. The van der Waals surface area contributed by atoms with Gasteiger partial charge in [0.25, 0.3) is 0 Å². The van der Waals surface area contributed by atoms with Crippen LogP contribution in [0.25, 0.3) is 0 Å². The number of pyridine rings is 1. The minimum Gasteiger partial charge on any atom is -0.375 e. The molecule has 19 heavy (non-hydrogen) atoms. The molecular weight excluding hydrogens is 238 g/mol. The molecule has 1 aliphatic carbocycles. The average Bonchev–Trinajstić information content (AvgIpc) is 2.40. The molecule has 2 unspecified atom stereocenters. The van der Waals surface area contributed by atoms with Crippen molar-refractivity contribution in [1.29, 1.82) is 0 Å². The second-order valence-corrected chi connectivity index (χ2v) is 6.01. The molecule has 1 saturated carbocycles. The van der Waals surface area contributed by atoms with E-state index in [9.17, 15) is 0 Å². The van der Waals surface area contributed by atoms with Crippen molar-refractivity contribution >= 4 is 0 Å². The fourth-order valence-electron chi connectivity index (χ4n) is 3.55. The van der Waals surface area contributed by atoms with Gasteiger partial charge in [0.1, 0.15) is 0 Å². The van der Waals surface area contributed by atoms with Crippen molar-refractivity contribution in [1.82, 2.24) is 10.4 Å². The summed E-state index contributed by atoms with van der Waals surface area (Å²) in [7, 11) is 0. The number of nitrogens with two attached hydrogens (primary N) is 1. The molecular formula is C15H23N3O. The number of nitrogens with zero attached hydrogens (tertiary/aromatic N) is 1. The van der Waals surface area contributed by atoms with Crippen molar-refractivity contribution in [3.05, 3.63) is 29.6 Å². The molecule has 1 aromatic heterocycles. The van der Waals surface area contributed by atoms with Crippen LogP contribution >= 0.6 is 0 Å². The van der Waals surface area contributed by atoms with Gasteiger partial charge in [0.2, 0.25) is 0 Å². The van der Waals surface area contributed by atoms with E-state index in [1.165, 1.54) is 30.4 Å². The van der Waals surface area contributed by atoms with Crippen molar-refractivity contribution in [3.8, 4) is 0 Å². The zero-order chi connectivity index (χ0) is 13.3. The maximum atomic E-state index is 6.01. The summed E-state index contributed by atoms with van der Waals surface area (Å²) in [4.78, 5) is 4.25. The molecule has 0 aromatic carbocycles. The van der Waals surface area contributed by atoms with E-state index in [4.69, 9.17) is 10.6 Å². The van der Waals surface area contributed by atoms with Crippen LogP contribution in [-0.2, 0) is 4.74 Å². The zero-order valence-electron chi connectivity index (χ0n) is 11.6. The van der Waals surface area contributed by atoms with Gasteiger partial charge in [-0.05, 0) is 62.1 Å². The summed E-state index contributed by atoms with van der Waals surface area (Å²) in [5, 5.41) is 0. The monoisotopic (exact) mass is 261 g/mol. The van der Waals surface area contributed by atoms with E-state index in [1.807, 2.05) is 12.4 Å². The molecule has 4 nitrogen and oxygen atoms in total. The highest BCUT2D eigenvalue weighted by atomic mass is 16.5. The first-order valence-corrected chi connectivity index (χ1v) is 7.25. The highest BCUT2D eigenvalue weighted by molar-refractivity contribution is 5.26. The Morgan fingerprint density at radius 2 is 2.37 bits per heavy atom. The maximum Gasteiger partial charge on any atom is 0.0686 e. The summed E-state index contributed by atoms with van der Waals surface area (Å²) in [6.07, 6.45) is 9.72. The topological polar surface area (TPSA) is 60.2 Å². The lowest BCUT2D eigenvalue weighted by atomic mass is 9.69. The largest absolute Gasteiger partial charge is 0.375 e. The smallest absolute Gasteiger partial charge is 0.0686 e. The summed E-state index contributed by atoms with van der Waals surface area (Å²) >= 11 is 0. The van der Waals surface area contributed by atoms with Crippen LogP contribution in [0.4, 0.5) is 0 Å². The molecule has 0 amide bonds. The molecule has 2 atom stereocenters. The van der Waals surface area contributed by atoms with Crippen LogP contribution in [0, 0.1) is 12.8 Å². The van der Waals surface area contributed by atoms with E-state index in [1.54, 1.807) is 0 Å². The number of ether oxygens (including phenoxy) is 1. The quantitative estimate of drug-likeness (QED) is 0.647. The molecule has 104 valence electrons. The van der Waals surface area contributed by atoms with E-state index >= 15 is 0 Å². The SMILES string of the molecule is Cc1ccncc1C(NN)C1CCOC2(CCC2)C1. The van der Waals surface area contributed by atoms with Crippen molar-refractivity contribution in [2.45, 2.75) is 50.7 Å². The molecule has 0 radical (unpaired) electrons. The van der Waals surface area contributed by atoms with Gasteiger partial charge in [0.05, 0.1) is 11.6 Å². The lowest BCUT2D eigenvalue weighted by molar-refractivity contribution is -0.147. The lowest BCUT2D eigenvalue weighted by Crippen LogP contribution is -2.48. The number of rotatable bonds is 3. The molecule has 1 aliphatic heterocycles. The summed E-state index contributed by atoms with van der Waals surface area (Å²) in [5.41, 5.74) is 5.66. The molecule has 2 aliphatic rings. The fourth-order valence-corrected chi connectivity index (χ4v) is 3.55. The van der Waals surface area contributed by atoms with Gasteiger partial charge in [0.15, 0.2) is 0 Å². The zero-order valence-corrected chi connectivity index (χ0v) is 11.6. The van der Waals surface area contributed by atoms with Crippen LogP contribution in [0.2, 0.25) is 0 Å². The molecule has 1 aromatic rings. The van der Waals surface area contributed by atoms with Gasteiger partial charge in [-0.2, -0.15) is 0 Å². The Hall–Kier alpha value is -0.970. The number of hydrogen-bond donors (Lipinski definition) is 2. The maximum absolute atomic E-state index is 6.01. The van der Waals surface area contributed by atoms with Gasteiger partial charge < -0.3 is 4.74 Å². The van der Waals surface area contributed by atoms with Crippen molar-refractivity contribution in [2.75, 3.05) is 6.61 Å². The average molecular weight is 261 g/mol. The van der Waals surface area contributed by atoms with Crippen LogP contribution in [0.5, 0.6) is 0 Å². The van der Waals surface area contributed by atoms with Gasteiger partial charge in [-0.15, -0.1) is 0 Å². The third kappa shape index (κ3) is 2.40. The second kappa shape index (κ2) is 5.19. The van der Waals surface area contributed by atoms with Crippen molar-refractivity contribution < 1.29 is 4.74 Å². The Labute approximate surface area is 114 Å². The summed E-state index contributed by atoms with van der Waals surface area (Å²) in [6.45, 7) is 2.99. The van der Waals surface area contributed by atoms with E-state index in [2.05, 4.69) is 23.4 Å². The molecule has 0 bridgehead atoms. The minimum absolute atomic E-state index is 0.161.